The van der Waals surface area contributed by atoms with E-state index in [2.05, 4.69) is 10.3 Å². The fourth-order valence-corrected chi connectivity index (χ4v) is 5.28. The van der Waals surface area contributed by atoms with Gasteiger partial charge in [-0.25, -0.2) is 17.2 Å². The number of nitrogens with zero attached hydrogens (tertiary/aromatic N) is 2. The van der Waals surface area contributed by atoms with Gasteiger partial charge in [-0.3, -0.25) is 9.78 Å². The molecule has 0 saturated heterocycles. The Hall–Kier alpha value is -2.25. The van der Waals surface area contributed by atoms with Gasteiger partial charge in [0.05, 0.1) is 5.02 Å². The Morgan fingerprint density at radius 1 is 1.32 bits per heavy atom. The summed E-state index contributed by atoms with van der Waals surface area (Å²) in [5.74, 6) is -0.949. The van der Waals surface area contributed by atoms with E-state index in [0.717, 1.165) is 23.0 Å². The summed E-state index contributed by atoms with van der Waals surface area (Å²) in [6.07, 6.45) is -6.37. The van der Waals surface area contributed by atoms with Crippen molar-refractivity contribution in [1.29, 1.82) is 0 Å². The molecule has 1 saturated carbocycles. The molecule has 0 aromatic carbocycles. The number of aryl methyl sites for hydroxylation is 1. The van der Waals surface area contributed by atoms with Crippen LogP contribution in [0.25, 0.3) is 0 Å². The second-order valence-corrected chi connectivity index (χ2v) is 9.06. The van der Waals surface area contributed by atoms with E-state index in [0.29, 0.717) is 0 Å². The lowest BCUT2D eigenvalue weighted by Crippen LogP contribution is -2.62. The van der Waals surface area contributed by atoms with Crippen LogP contribution in [-0.4, -0.2) is 35.6 Å². The maximum atomic E-state index is 13.4. The topological polar surface area (TPSA) is 93.1 Å². The van der Waals surface area contributed by atoms with Gasteiger partial charge in [0.15, 0.2) is 0 Å². The molecule has 170 valence electrons. The van der Waals surface area contributed by atoms with E-state index in [9.17, 15) is 35.2 Å². The quantitative estimate of drug-likeness (QED) is 0.603. The second kappa shape index (κ2) is 8.02. The fraction of sp³-hybridized carbons (Fsp3) is 0.412. The Balaban J connectivity index is 1.90. The first-order chi connectivity index (χ1) is 14.3. The van der Waals surface area contributed by atoms with Crippen molar-refractivity contribution < 1.29 is 35.2 Å². The summed E-state index contributed by atoms with van der Waals surface area (Å²) in [6.45, 7) is 0. The predicted octanol–water partition coefficient (Wildman–Crippen LogP) is 4.03. The molecule has 0 aliphatic heterocycles. The van der Waals surface area contributed by atoms with Crippen molar-refractivity contribution in [3.05, 3.63) is 40.9 Å². The molecule has 14 heteroatoms. The summed E-state index contributed by atoms with van der Waals surface area (Å²) in [5, 5.41) is 1.68. The third-order valence-electron chi connectivity index (χ3n) is 4.93. The smallest absolute Gasteiger partial charge is 0.344 e. The van der Waals surface area contributed by atoms with Crippen molar-refractivity contribution in [2.45, 2.75) is 42.3 Å². The summed E-state index contributed by atoms with van der Waals surface area (Å²) in [7, 11) is -3.47. The first kappa shape index (κ1) is 23.4. The molecule has 0 atom stereocenters. The van der Waals surface area contributed by atoms with E-state index in [1.54, 1.807) is 4.72 Å². The van der Waals surface area contributed by atoms with Gasteiger partial charge in [-0.15, -0.1) is 0 Å². The van der Waals surface area contributed by atoms with Crippen LogP contribution in [0.4, 0.5) is 27.6 Å². The van der Waals surface area contributed by atoms with Crippen molar-refractivity contribution >= 4 is 33.2 Å². The van der Waals surface area contributed by atoms with Crippen LogP contribution < -0.4 is 10.0 Å². The minimum Gasteiger partial charge on any atom is -0.344 e. The highest BCUT2D eigenvalue weighted by molar-refractivity contribution is 7.89. The number of anilines is 1. The predicted molar refractivity (Wildman–Crippen MR) is 101 cm³/mol. The summed E-state index contributed by atoms with van der Waals surface area (Å²) in [6, 6.07) is 2.14. The molecule has 0 radical (unpaired) electrons. The molecule has 1 fully saturated rings. The fourth-order valence-electron chi connectivity index (χ4n) is 3.14. The molecule has 3 rings (SSSR count). The van der Waals surface area contributed by atoms with Crippen LogP contribution in [0.15, 0.2) is 29.4 Å². The molecular weight excluding hydrogens is 471 g/mol. The monoisotopic (exact) mass is 486 g/mol. The van der Waals surface area contributed by atoms with Crippen LogP contribution in [-0.2, 0) is 17.1 Å². The average Bonchev–Trinajstić information content (AvgIpc) is 2.92. The first-order valence-corrected chi connectivity index (χ1v) is 10.6. The van der Waals surface area contributed by atoms with Crippen LogP contribution in [0.5, 0.6) is 0 Å². The number of halogens is 6. The van der Waals surface area contributed by atoms with Crippen molar-refractivity contribution in [3.63, 3.8) is 0 Å². The number of hydrogen-bond donors (Lipinski definition) is 2. The molecule has 1 aliphatic rings. The Morgan fingerprint density at radius 2 is 1.97 bits per heavy atom. The molecular formula is C17H16ClF5N4O3S. The van der Waals surface area contributed by atoms with Crippen molar-refractivity contribution in [2.75, 3.05) is 5.32 Å². The molecule has 0 spiro atoms. The number of aromatic nitrogens is 2. The van der Waals surface area contributed by atoms with E-state index in [-0.39, 0.29) is 17.8 Å². The number of sulfonamides is 1. The minimum atomic E-state index is -4.80. The number of carbonyl (C=O) groups is 1. The summed E-state index contributed by atoms with van der Waals surface area (Å²) in [4.78, 5) is 15.3. The second-order valence-electron chi connectivity index (χ2n) is 7.03. The van der Waals surface area contributed by atoms with Gasteiger partial charge in [-0.2, -0.15) is 17.9 Å². The van der Waals surface area contributed by atoms with Gasteiger partial charge in [-0.1, -0.05) is 11.6 Å². The molecule has 2 N–H and O–H groups in total. The van der Waals surface area contributed by atoms with E-state index < -0.39 is 62.5 Å². The van der Waals surface area contributed by atoms with Gasteiger partial charge >= 0.3 is 6.18 Å². The highest BCUT2D eigenvalue weighted by Crippen LogP contribution is 2.46. The van der Waals surface area contributed by atoms with Crippen molar-refractivity contribution in [3.8, 4) is 0 Å². The average molecular weight is 487 g/mol. The number of carbonyl (C=O) groups excluding carboxylic acids is 1. The Bertz CT molecular complexity index is 1110. The molecule has 7 nitrogen and oxygen atoms in total. The lowest BCUT2D eigenvalue weighted by atomic mass is 9.77. The zero-order chi connectivity index (χ0) is 23.2. The number of rotatable bonds is 6. The van der Waals surface area contributed by atoms with Crippen LogP contribution >= 0.6 is 11.6 Å². The zero-order valence-corrected chi connectivity index (χ0v) is 17.4. The van der Waals surface area contributed by atoms with Gasteiger partial charge in [-0.05, 0) is 31.4 Å². The molecule has 1 aliphatic carbocycles. The molecule has 2 aromatic heterocycles. The van der Waals surface area contributed by atoms with Crippen molar-refractivity contribution in [2.24, 2.45) is 7.05 Å². The highest BCUT2D eigenvalue weighted by Gasteiger charge is 2.60. The maximum Gasteiger partial charge on any atom is 0.407 e. The van der Waals surface area contributed by atoms with E-state index >= 15 is 0 Å². The van der Waals surface area contributed by atoms with Gasteiger partial charge < -0.3 is 9.88 Å². The van der Waals surface area contributed by atoms with E-state index in [1.165, 1.54) is 13.1 Å². The van der Waals surface area contributed by atoms with E-state index in [1.807, 2.05) is 0 Å². The molecule has 1 amide bonds. The number of hydrogen-bond acceptors (Lipinski definition) is 4. The van der Waals surface area contributed by atoms with Crippen molar-refractivity contribution in [1.82, 2.24) is 14.3 Å². The lowest BCUT2D eigenvalue weighted by Gasteiger charge is -2.43. The number of nitrogens with one attached hydrogen (secondary N) is 2. The summed E-state index contributed by atoms with van der Waals surface area (Å²) < 4.78 is 93.6. The molecule has 0 bridgehead atoms. The highest BCUT2D eigenvalue weighted by atomic mass is 35.5. The molecule has 2 aromatic rings. The van der Waals surface area contributed by atoms with E-state index in [4.69, 9.17) is 11.6 Å². The summed E-state index contributed by atoms with van der Waals surface area (Å²) >= 11 is 6.05. The van der Waals surface area contributed by atoms with Crippen LogP contribution in [0.3, 0.4) is 0 Å². The maximum absolute atomic E-state index is 13.4. The largest absolute Gasteiger partial charge is 0.407 e. The minimum absolute atomic E-state index is 0.0550. The van der Waals surface area contributed by atoms with Gasteiger partial charge in [0.2, 0.25) is 10.0 Å². The SMILES string of the molecule is Cn1cc(S(=O)(=O)NC2(C(F)(F)F)CCC2)c(Cl)c1C(=O)Nc1ccnc(C(F)F)c1. The number of pyridine rings is 1. The van der Waals surface area contributed by atoms with Crippen LogP contribution in [0.2, 0.25) is 5.02 Å². The first-order valence-electron chi connectivity index (χ1n) is 8.78. The third kappa shape index (κ3) is 4.39. The Kier molecular flexibility index (Phi) is 6.06. The van der Waals surface area contributed by atoms with Gasteiger partial charge in [0.1, 0.15) is 21.8 Å². The lowest BCUT2D eigenvalue weighted by molar-refractivity contribution is -0.212. The third-order valence-corrected chi connectivity index (χ3v) is 6.98. The normalized spacial score (nSPS) is 16.3. The molecule has 2 heterocycles. The van der Waals surface area contributed by atoms with Crippen LogP contribution in [0.1, 0.15) is 41.9 Å². The van der Waals surface area contributed by atoms with Gasteiger partial charge in [0, 0.05) is 25.1 Å². The van der Waals surface area contributed by atoms with Gasteiger partial charge in [0.25, 0.3) is 12.3 Å². The Labute approximate surface area is 178 Å². The zero-order valence-electron chi connectivity index (χ0n) is 15.8. The Morgan fingerprint density at radius 3 is 2.48 bits per heavy atom. The number of amides is 1. The molecule has 0 unspecified atom stereocenters. The summed E-state index contributed by atoms with van der Waals surface area (Å²) in [5.41, 5.74) is -3.62. The van der Waals surface area contributed by atoms with Crippen LogP contribution in [0, 0.1) is 0 Å². The standard InChI is InChI=1S/C17H16ClF5N4O3S/c1-27-8-11(31(29,30)26-16(4-2-5-16)17(21,22)23)12(18)13(27)15(28)25-9-3-6-24-10(7-9)14(19)20/h3,6-8,14,26H,2,4-5H2,1H3,(H,24,25,28). The number of alkyl halides is 5. The molecule has 31 heavy (non-hydrogen) atoms.